The molecule has 0 saturated carbocycles. The highest BCUT2D eigenvalue weighted by Crippen LogP contribution is 2.39. The lowest BCUT2D eigenvalue weighted by Gasteiger charge is -2.16. The number of aromatic amines is 2. The molecule has 3 aliphatic rings. The maximum absolute atomic E-state index is 12.6. The fraction of sp³-hybridized carbons (Fsp3) is 0.0625. The van der Waals surface area contributed by atoms with Gasteiger partial charge in [-0.1, -0.05) is 103 Å². The Morgan fingerprint density at radius 1 is 0.426 bits per heavy atom. The quantitative estimate of drug-likeness (QED) is 0.188. The number of rotatable bonds is 5. The van der Waals surface area contributed by atoms with Crippen LogP contribution < -0.4 is 4.90 Å². The topological polar surface area (TPSA) is 77.7 Å². The predicted molar refractivity (Wildman–Crippen MR) is 222 cm³/mol. The van der Waals surface area contributed by atoms with Gasteiger partial charge in [-0.2, -0.15) is 0 Å². The van der Waals surface area contributed by atoms with Gasteiger partial charge >= 0.3 is 0 Å². The molecular formula is C48H35N5O. The van der Waals surface area contributed by atoms with Crippen molar-refractivity contribution < 1.29 is 4.79 Å². The summed E-state index contributed by atoms with van der Waals surface area (Å²) < 4.78 is 0. The van der Waals surface area contributed by atoms with Crippen LogP contribution in [-0.4, -0.2) is 32.4 Å². The Bertz CT molecular complexity index is 2660. The van der Waals surface area contributed by atoms with E-state index in [9.17, 15) is 4.79 Å². The monoisotopic (exact) mass is 697 g/mol. The molecule has 1 fully saturated rings. The van der Waals surface area contributed by atoms with E-state index in [1.165, 1.54) is 0 Å². The lowest BCUT2D eigenvalue weighted by atomic mass is 10.0. The molecule has 0 radical (unpaired) electrons. The molecule has 0 aliphatic carbocycles. The van der Waals surface area contributed by atoms with Crippen molar-refractivity contribution in [3.8, 4) is 44.5 Å². The number of hydrogen-bond acceptors (Lipinski definition) is 3. The van der Waals surface area contributed by atoms with Gasteiger partial charge in [0.05, 0.1) is 22.8 Å². The van der Waals surface area contributed by atoms with Crippen LogP contribution in [0, 0.1) is 0 Å². The summed E-state index contributed by atoms with van der Waals surface area (Å²) in [5.41, 5.74) is 16.5. The molecule has 1 amide bonds. The Labute approximate surface area is 312 Å². The standard InChI is InChI=1S/C48H35N5O/c54-44-17-10-30-53(44)35-20-18-34(19-21-35)48-42-28-26-40(51-42)46(32-13-6-2-7-14-32)38-24-22-36(49-38)45(31-11-4-1-5-12-31)37-23-25-39(50-37)47(33-15-8-3-9-16-33)41-27-29-43(48)52-41/h1-9,11-16,18-29,49-50H,10,17,30H2. The van der Waals surface area contributed by atoms with Gasteiger partial charge < -0.3 is 14.9 Å². The third kappa shape index (κ3) is 5.56. The number of anilines is 1. The molecule has 1 saturated heterocycles. The summed E-state index contributed by atoms with van der Waals surface area (Å²) >= 11 is 0. The van der Waals surface area contributed by atoms with E-state index in [2.05, 4.69) is 143 Å². The zero-order valence-corrected chi connectivity index (χ0v) is 29.5. The van der Waals surface area contributed by atoms with Gasteiger partial charge in [0.1, 0.15) is 0 Å². The predicted octanol–water partition coefficient (Wildman–Crippen LogP) is 11.5. The van der Waals surface area contributed by atoms with Crippen LogP contribution in [0.4, 0.5) is 5.69 Å². The van der Waals surface area contributed by atoms with E-state index in [-0.39, 0.29) is 5.91 Å². The molecule has 10 rings (SSSR count). The number of H-pyrrole nitrogens is 2. The van der Waals surface area contributed by atoms with E-state index in [1.807, 2.05) is 35.2 Å². The number of hydrogen-bond donors (Lipinski definition) is 2. The first-order valence-corrected chi connectivity index (χ1v) is 18.4. The molecule has 54 heavy (non-hydrogen) atoms. The first-order chi connectivity index (χ1) is 26.7. The van der Waals surface area contributed by atoms with Crippen LogP contribution in [0.15, 0.2) is 140 Å². The van der Waals surface area contributed by atoms with Gasteiger partial charge in [-0.3, -0.25) is 4.79 Å². The van der Waals surface area contributed by atoms with Crippen LogP contribution in [0.25, 0.3) is 90.9 Å². The van der Waals surface area contributed by atoms with Crippen molar-refractivity contribution >= 4 is 58.0 Å². The van der Waals surface area contributed by atoms with Crippen molar-refractivity contribution in [2.24, 2.45) is 0 Å². The fourth-order valence-electron chi connectivity index (χ4n) is 7.96. The number of nitrogens with one attached hydrogen (secondary N) is 2. The van der Waals surface area contributed by atoms with Gasteiger partial charge in [-0.15, -0.1) is 0 Å². The first-order valence-electron chi connectivity index (χ1n) is 18.4. The Morgan fingerprint density at radius 2 is 0.815 bits per heavy atom. The molecule has 258 valence electrons. The second-order valence-corrected chi connectivity index (χ2v) is 13.8. The molecule has 3 aliphatic heterocycles. The maximum Gasteiger partial charge on any atom is 0.227 e. The summed E-state index contributed by atoms with van der Waals surface area (Å²) in [6.07, 6.45) is 9.89. The molecule has 0 unspecified atom stereocenters. The summed E-state index contributed by atoms with van der Waals surface area (Å²) in [4.78, 5) is 32.9. The van der Waals surface area contributed by atoms with Gasteiger partial charge in [-0.05, 0) is 89.4 Å². The van der Waals surface area contributed by atoms with Crippen molar-refractivity contribution in [2.45, 2.75) is 12.8 Å². The summed E-state index contributed by atoms with van der Waals surface area (Å²) in [5, 5.41) is 0. The number of nitrogens with zero attached hydrogens (tertiary/aromatic N) is 3. The Balaban J connectivity index is 1.33. The van der Waals surface area contributed by atoms with Gasteiger partial charge in [0.25, 0.3) is 0 Å². The largest absolute Gasteiger partial charge is 0.354 e. The van der Waals surface area contributed by atoms with Crippen LogP contribution in [0.1, 0.15) is 35.6 Å². The van der Waals surface area contributed by atoms with E-state index >= 15 is 0 Å². The number of carbonyl (C=O) groups excluding carboxylic acids is 1. The minimum Gasteiger partial charge on any atom is -0.354 e. The highest BCUT2D eigenvalue weighted by molar-refractivity contribution is 6.00. The molecule has 0 atom stereocenters. The Hall–Kier alpha value is -7.05. The van der Waals surface area contributed by atoms with Crippen molar-refractivity contribution in [2.75, 3.05) is 11.4 Å². The molecule has 6 nitrogen and oxygen atoms in total. The Morgan fingerprint density at radius 3 is 1.24 bits per heavy atom. The van der Waals surface area contributed by atoms with Crippen LogP contribution in [-0.2, 0) is 4.79 Å². The molecule has 7 aromatic rings. The molecule has 2 N–H and O–H groups in total. The zero-order chi connectivity index (χ0) is 36.0. The van der Waals surface area contributed by atoms with Gasteiger partial charge in [0, 0.05) is 63.0 Å². The maximum atomic E-state index is 12.6. The van der Waals surface area contributed by atoms with Crippen molar-refractivity contribution in [1.29, 1.82) is 0 Å². The second kappa shape index (κ2) is 13.2. The Kier molecular flexibility index (Phi) is 7.73. The lowest BCUT2D eigenvalue weighted by molar-refractivity contribution is -0.117. The van der Waals surface area contributed by atoms with Gasteiger partial charge in [0.15, 0.2) is 0 Å². The lowest BCUT2D eigenvalue weighted by Crippen LogP contribution is -2.23. The average molecular weight is 698 g/mol. The summed E-state index contributed by atoms with van der Waals surface area (Å²) in [6.45, 7) is 0.748. The van der Waals surface area contributed by atoms with Crippen LogP contribution in [0.5, 0.6) is 0 Å². The minimum atomic E-state index is 0.172. The van der Waals surface area contributed by atoms with E-state index < -0.39 is 0 Å². The van der Waals surface area contributed by atoms with Crippen LogP contribution in [0.2, 0.25) is 0 Å². The summed E-state index contributed by atoms with van der Waals surface area (Å²) in [7, 11) is 0. The number of carbonyl (C=O) groups is 1. The summed E-state index contributed by atoms with van der Waals surface area (Å²) in [5.74, 6) is 0.172. The number of benzene rings is 4. The van der Waals surface area contributed by atoms with Crippen LogP contribution in [0.3, 0.4) is 0 Å². The third-order valence-corrected chi connectivity index (χ3v) is 10.5. The van der Waals surface area contributed by atoms with E-state index in [1.54, 1.807) is 0 Å². The molecular weight excluding hydrogens is 663 g/mol. The molecule has 4 aromatic carbocycles. The van der Waals surface area contributed by atoms with E-state index in [0.29, 0.717) is 6.42 Å². The average Bonchev–Trinajstić information content (AvgIpc) is 4.08. The number of amides is 1. The molecule has 0 spiro atoms. The zero-order valence-electron chi connectivity index (χ0n) is 29.5. The van der Waals surface area contributed by atoms with Crippen molar-refractivity contribution in [1.82, 2.24) is 19.9 Å². The van der Waals surface area contributed by atoms with Crippen LogP contribution >= 0.6 is 0 Å². The van der Waals surface area contributed by atoms with Gasteiger partial charge in [-0.25, -0.2) is 9.97 Å². The highest BCUT2D eigenvalue weighted by atomic mass is 16.2. The van der Waals surface area contributed by atoms with Crippen molar-refractivity contribution in [3.63, 3.8) is 0 Å². The minimum absolute atomic E-state index is 0.172. The second-order valence-electron chi connectivity index (χ2n) is 13.8. The SMILES string of the molecule is O=C1CCCN1c1ccc(-c2c3nc(c(-c4ccccc4)c4ccc([nH]4)c(-c4ccccc4)c4ccc([nH]4)c(-c4ccccc4)c4nc2C=C4)C=C3)cc1. The smallest absolute Gasteiger partial charge is 0.227 e. The molecule has 3 aromatic heterocycles. The fourth-order valence-corrected chi connectivity index (χ4v) is 7.96. The summed E-state index contributed by atoms with van der Waals surface area (Å²) in [6, 6.07) is 48.3. The first kappa shape index (κ1) is 31.7. The van der Waals surface area contributed by atoms with Gasteiger partial charge in [0.2, 0.25) is 5.91 Å². The molecule has 8 bridgehead atoms. The van der Waals surface area contributed by atoms with E-state index in [0.717, 1.165) is 108 Å². The van der Waals surface area contributed by atoms with E-state index in [4.69, 9.17) is 9.97 Å². The number of fused-ring (bicyclic) bond motifs is 8. The highest BCUT2D eigenvalue weighted by Gasteiger charge is 2.23. The number of aromatic nitrogens is 4. The van der Waals surface area contributed by atoms with Crippen molar-refractivity contribution in [3.05, 3.63) is 162 Å². The molecule has 6 heterocycles. The third-order valence-electron chi connectivity index (χ3n) is 10.5. The normalized spacial score (nSPS) is 13.6. The molecule has 6 heteroatoms.